The van der Waals surface area contributed by atoms with Gasteiger partial charge in [-0.05, 0) is 74.1 Å². The Morgan fingerprint density at radius 1 is 0.970 bits per heavy atom. The van der Waals surface area contributed by atoms with Crippen LogP contribution < -0.4 is 10.6 Å². The molecule has 0 radical (unpaired) electrons. The zero-order valence-electron chi connectivity index (χ0n) is 18.6. The summed E-state index contributed by atoms with van der Waals surface area (Å²) < 4.78 is 5.00. The maximum Gasteiger partial charge on any atom is 0.338 e. The van der Waals surface area contributed by atoms with E-state index in [0.717, 1.165) is 29.7 Å². The van der Waals surface area contributed by atoms with E-state index in [4.69, 9.17) is 4.74 Å². The van der Waals surface area contributed by atoms with E-state index in [1.54, 1.807) is 43.3 Å². The van der Waals surface area contributed by atoms with Crippen LogP contribution in [-0.2, 0) is 17.6 Å². The predicted octanol–water partition coefficient (Wildman–Crippen LogP) is 5.55. The number of hydrogen-bond donors (Lipinski definition) is 2. The molecule has 1 aliphatic carbocycles. The van der Waals surface area contributed by atoms with Crippen molar-refractivity contribution in [3.8, 4) is 0 Å². The quantitative estimate of drug-likeness (QED) is 0.470. The first-order valence-electron chi connectivity index (χ1n) is 11.1. The Morgan fingerprint density at radius 3 is 2.39 bits per heavy atom. The second kappa shape index (κ2) is 10.0. The molecule has 4 rings (SSSR count). The molecule has 3 aromatic rings. The van der Waals surface area contributed by atoms with Gasteiger partial charge in [-0.1, -0.05) is 25.1 Å². The first-order valence-corrected chi connectivity index (χ1v) is 11.9. The normalized spacial score (nSPS) is 14.8. The number of thiophene rings is 1. The number of rotatable bonds is 6. The number of esters is 1. The third-order valence-electron chi connectivity index (χ3n) is 5.66. The van der Waals surface area contributed by atoms with Crippen LogP contribution in [0.25, 0.3) is 0 Å². The Morgan fingerprint density at radius 2 is 1.70 bits per heavy atom. The van der Waals surface area contributed by atoms with Crippen molar-refractivity contribution in [2.45, 2.75) is 33.1 Å². The zero-order valence-corrected chi connectivity index (χ0v) is 19.5. The van der Waals surface area contributed by atoms with Gasteiger partial charge in [-0.25, -0.2) is 4.79 Å². The molecule has 0 fully saturated rings. The predicted molar refractivity (Wildman–Crippen MR) is 130 cm³/mol. The van der Waals surface area contributed by atoms with Gasteiger partial charge in [0, 0.05) is 16.1 Å². The van der Waals surface area contributed by atoms with E-state index < -0.39 is 5.97 Å². The number of benzene rings is 2. The lowest BCUT2D eigenvalue weighted by Gasteiger charge is -2.18. The molecule has 0 spiro atoms. The van der Waals surface area contributed by atoms with Gasteiger partial charge in [0.05, 0.1) is 17.7 Å². The lowest BCUT2D eigenvalue weighted by atomic mass is 9.88. The topological polar surface area (TPSA) is 84.5 Å². The lowest BCUT2D eigenvalue weighted by Crippen LogP contribution is -2.19. The molecule has 1 atom stereocenters. The van der Waals surface area contributed by atoms with Crippen LogP contribution in [0.15, 0.2) is 54.6 Å². The number of amides is 2. The van der Waals surface area contributed by atoms with E-state index in [1.807, 2.05) is 18.2 Å². The molecule has 170 valence electrons. The van der Waals surface area contributed by atoms with Gasteiger partial charge >= 0.3 is 5.97 Å². The Labute approximate surface area is 197 Å². The number of carbonyl (C=O) groups is 3. The highest BCUT2D eigenvalue weighted by Crippen LogP contribution is 2.40. The average molecular weight is 463 g/mol. The summed E-state index contributed by atoms with van der Waals surface area (Å²) in [6.07, 6.45) is 2.71. The lowest BCUT2D eigenvalue weighted by molar-refractivity contribution is 0.0526. The van der Waals surface area contributed by atoms with Crippen LogP contribution in [0, 0.1) is 5.92 Å². The van der Waals surface area contributed by atoms with Gasteiger partial charge in [0.25, 0.3) is 11.8 Å². The summed E-state index contributed by atoms with van der Waals surface area (Å²) in [5.74, 6) is -0.369. The smallest absolute Gasteiger partial charge is 0.338 e. The van der Waals surface area contributed by atoms with Crippen LogP contribution in [0.5, 0.6) is 0 Å². The molecule has 2 N–H and O–H groups in total. The molecular weight excluding hydrogens is 436 g/mol. The van der Waals surface area contributed by atoms with Crippen molar-refractivity contribution >= 4 is 39.8 Å². The van der Waals surface area contributed by atoms with Crippen molar-refractivity contribution in [3.63, 3.8) is 0 Å². The molecule has 1 aromatic heterocycles. The van der Waals surface area contributed by atoms with E-state index >= 15 is 0 Å². The number of hydrogen-bond acceptors (Lipinski definition) is 5. The van der Waals surface area contributed by atoms with Crippen LogP contribution in [0.3, 0.4) is 0 Å². The summed E-state index contributed by atoms with van der Waals surface area (Å²) in [4.78, 5) is 39.2. The first kappa shape index (κ1) is 22.7. The molecule has 0 bridgehead atoms. The Balaban J connectivity index is 1.59. The number of ether oxygens (including phenoxy) is 1. The molecule has 2 amide bonds. The molecule has 0 saturated heterocycles. The fourth-order valence-electron chi connectivity index (χ4n) is 3.94. The van der Waals surface area contributed by atoms with E-state index in [9.17, 15) is 14.4 Å². The molecule has 6 nitrogen and oxygen atoms in total. The van der Waals surface area contributed by atoms with Crippen LogP contribution in [0.1, 0.15) is 61.8 Å². The van der Waals surface area contributed by atoms with Crippen LogP contribution >= 0.6 is 11.3 Å². The fraction of sp³-hybridized carbons (Fsp3) is 0.269. The number of nitrogens with one attached hydrogen (secondary N) is 2. The highest BCUT2D eigenvalue weighted by Gasteiger charge is 2.28. The molecule has 1 heterocycles. The summed E-state index contributed by atoms with van der Waals surface area (Å²) in [5.41, 5.74) is 3.07. The van der Waals surface area contributed by atoms with Crippen LogP contribution in [-0.4, -0.2) is 24.4 Å². The molecule has 0 aliphatic heterocycles. The average Bonchev–Trinajstić information content (AvgIpc) is 3.17. The summed E-state index contributed by atoms with van der Waals surface area (Å²) in [6, 6.07) is 15.6. The zero-order chi connectivity index (χ0) is 23.4. The Kier molecular flexibility index (Phi) is 6.89. The Hall–Kier alpha value is -3.45. The molecule has 0 saturated carbocycles. The maximum absolute atomic E-state index is 13.3. The number of fused-ring (bicyclic) bond motifs is 1. The minimum absolute atomic E-state index is 0.241. The maximum atomic E-state index is 13.3. The van der Waals surface area contributed by atoms with Gasteiger partial charge in [-0.3, -0.25) is 9.59 Å². The fourth-order valence-corrected chi connectivity index (χ4v) is 5.34. The third-order valence-corrected chi connectivity index (χ3v) is 6.83. The van der Waals surface area contributed by atoms with Crippen molar-refractivity contribution in [1.82, 2.24) is 0 Å². The molecule has 1 unspecified atom stereocenters. The minimum atomic E-state index is -0.401. The summed E-state index contributed by atoms with van der Waals surface area (Å²) in [7, 11) is 0. The second-order valence-corrected chi connectivity index (χ2v) is 9.23. The number of carbonyl (C=O) groups excluding carboxylic acids is 3. The molecule has 7 heteroatoms. The second-order valence-electron chi connectivity index (χ2n) is 8.13. The SMILES string of the molecule is CCOC(=O)c1ccc(NC(=O)c2c(NC(=O)c3ccccc3)sc3c2CCC(C)C3)cc1. The molecule has 2 aromatic carbocycles. The van der Waals surface area contributed by atoms with Crippen molar-refractivity contribution in [3.05, 3.63) is 81.7 Å². The van der Waals surface area contributed by atoms with E-state index in [0.29, 0.717) is 39.9 Å². The largest absolute Gasteiger partial charge is 0.462 e. The van der Waals surface area contributed by atoms with Crippen LogP contribution in [0.2, 0.25) is 0 Å². The van der Waals surface area contributed by atoms with E-state index in [-0.39, 0.29) is 11.8 Å². The van der Waals surface area contributed by atoms with Crippen molar-refractivity contribution < 1.29 is 19.1 Å². The van der Waals surface area contributed by atoms with Crippen LogP contribution in [0.4, 0.5) is 10.7 Å². The van der Waals surface area contributed by atoms with Gasteiger partial charge < -0.3 is 15.4 Å². The van der Waals surface area contributed by atoms with Gasteiger partial charge in [0.1, 0.15) is 5.00 Å². The summed E-state index contributed by atoms with van der Waals surface area (Å²) >= 11 is 1.49. The molecule has 1 aliphatic rings. The van der Waals surface area contributed by atoms with Gasteiger partial charge in [-0.15, -0.1) is 11.3 Å². The third kappa shape index (κ3) is 5.14. The van der Waals surface area contributed by atoms with E-state index in [2.05, 4.69) is 17.6 Å². The van der Waals surface area contributed by atoms with Crippen molar-refractivity contribution in [2.24, 2.45) is 5.92 Å². The standard InChI is InChI=1S/C26H26N2O4S/c1-3-32-26(31)18-10-12-19(13-11-18)27-24(30)22-20-14-9-16(2)15-21(20)33-25(22)28-23(29)17-7-5-4-6-8-17/h4-8,10-13,16H,3,9,14-15H2,1-2H3,(H,27,30)(H,28,29). The summed E-state index contributed by atoms with van der Waals surface area (Å²) in [5, 5.41) is 6.46. The molecular formula is C26H26N2O4S. The highest BCUT2D eigenvalue weighted by molar-refractivity contribution is 7.17. The van der Waals surface area contributed by atoms with Crippen molar-refractivity contribution in [2.75, 3.05) is 17.2 Å². The highest BCUT2D eigenvalue weighted by atomic mass is 32.1. The van der Waals surface area contributed by atoms with E-state index in [1.165, 1.54) is 11.3 Å². The van der Waals surface area contributed by atoms with Gasteiger partial charge in [0.2, 0.25) is 0 Å². The van der Waals surface area contributed by atoms with Gasteiger partial charge in [0.15, 0.2) is 0 Å². The monoisotopic (exact) mass is 462 g/mol. The molecule has 33 heavy (non-hydrogen) atoms. The number of anilines is 2. The first-order chi connectivity index (χ1) is 16.0. The minimum Gasteiger partial charge on any atom is -0.462 e. The van der Waals surface area contributed by atoms with Crippen molar-refractivity contribution in [1.29, 1.82) is 0 Å². The Bertz CT molecular complexity index is 1170. The van der Waals surface area contributed by atoms with Gasteiger partial charge in [-0.2, -0.15) is 0 Å². The summed E-state index contributed by atoms with van der Waals surface area (Å²) in [6.45, 7) is 4.26.